The Bertz CT molecular complexity index is 664. The van der Waals surface area contributed by atoms with Crippen LogP contribution in [0, 0.1) is 0 Å². The summed E-state index contributed by atoms with van der Waals surface area (Å²) >= 11 is 0. The van der Waals surface area contributed by atoms with Gasteiger partial charge in [0.1, 0.15) is 11.6 Å². The molecule has 160 valence electrons. The van der Waals surface area contributed by atoms with Crippen molar-refractivity contribution in [2.45, 2.75) is 19.3 Å². The quantitative estimate of drug-likeness (QED) is 0.461. The Morgan fingerprint density at radius 1 is 1.14 bits per heavy atom. The number of nitrogens with zero attached hydrogens (tertiary/aromatic N) is 3. The van der Waals surface area contributed by atoms with Gasteiger partial charge in [0.15, 0.2) is 6.79 Å². The molecule has 1 saturated heterocycles. The third-order valence-corrected chi connectivity index (χ3v) is 5.02. The molecule has 1 fully saturated rings. The van der Waals surface area contributed by atoms with Crippen molar-refractivity contribution >= 4 is 11.7 Å². The number of nitrogens with one attached hydrogen (secondary N) is 1. The van der Waals surface area contributed by atoms with E-state index in [-0.39, 0.29) is 12.7 Å². The standard InChI is InChI=1S/C21H32N4O4/c1-27-14-15-28-17-29-19-7-3-2-6-18(19)25-12-10-24(11-13-25)16-21(26)23-20-8-4-5-9-22-20/h4,6-8H,2-3,5,9-17H2,1H3,(H,22,23,26). The first kappa shape index (κ1) is 21.5. The highest BCUT2D eigenvalue weighted by Gasteiger charge is 2.24. The average molecular weight is 405 g/mol. The van der Waals surface area contributed by atoms with E-state index in [1.807, 2.05) is 12.2 Å². The van der Waals surface area contributed by atoms with E-state index < -0.39 is 0 Å². The lowest BCUT2D eigenvalue weighted by Gasteiger charge is -2.38. The molecule has 1 amide bonds. The van der Waals surface area contributed by atoms with Gasteiger partial charge in [0.2, 0.25) is 5.91 Å². The zero-order valence-corrected chi connectivity index (χ0v) is 17.3. The van der Waals surface area contributed by atoms with E-state index in [9.17, 15) is 4.79 Å². The number of hydrogen-bond acceptors (Lipinski definition) is 7. The van der Waals surface area contributed by atoms with Gasteiger partial charge in [0.25, 0.3) is 0 Å². The predicted octanol–water partition coefficient (Wildman–Crippen LogP) is 1.28. The summed E-state index contributed by atoms with van der Waals surface area (Å²) in [5.41, 5.74) is 1.14. The van der Waals surface area contributed by atoms with E-state index >= 15 is 0 Å². The van der Waals surface area contributed by atoms with Crippen LogP contribution in [0.1, 0.15) is 19.3 Å². The highest BCUT2D eigenvalue weighted by Crippen LogP contribution is 2.24. The Kier molecular flexibility index (Phi) is 8.73. The van der Waals surface area contributed by atoms with Crippen molar-refractivity contribution in [1.82, 2.24) is 15.1 Å². The molecular formula is C21H32N4O4. The number of carbonyl (C=O) groups excluding carboxylic acids is 1. The molecule has 3 rings (SSSR count). The van der Waals surface area contributed by atoms with Gasteiger partial charge < -0.3 is 24.4 Å². The van der Waals surface area contributed by atoms with E-state index in [4.69, 9.17) is 14.2 Å². The second-order valence-corrected chi connectivity index (χ2v) is 7.17. The molecule has 2 heterocycles. The molecule has 0 unspecified atom stereocenters. The van der Waals surface area contributed by atoms with Gasteiger partial charge in [-0.3, -0.25) is 14.7 Å². The van der Waals surface area contributed by atoms with Crippen LogP contribution in [0.5, 0.6) is 0 Å². The zero-order valence-electron chi connectivity index (χ0n) is 17.3. The number of rotatable bonds is 9. The number of piperazine rings is 1. The lowest BCUT2D eigenvalue weighted by atomic mass is 10.1. The lowest BCUT2D eigenvalue weighted by molar-refractivity contribution is -0.121. The fourth-order valence-corrected chi connectivity index (χ4v) is 3.48. The summed E-state index contributed by atoms with van der Waals surface area (Å²) < 4.78 is 16.3. The number of amidine groups is 1. The first-order chi connectivity index (χ1) is 14.3. The summed E-state index contributed by atoms with van der Waals surface area (Å²) in [5, 5.41) is 2.89. The summed E-state index contributed by atoms with van der Waals surface area (Å²) in [6, 6.07) is 0. The monoisotopic (exact) mass is 404 g/mol. The molecule has 0 aromatic rings. The SMILES string of the molecule is COCCOCOC1=CCCC=C1N1CCN(CC(=O)NC2=NCCC=C2)CC1. The average Bonchev–Trinajstić information content (AvgIpc) is 2.75. The Labute approximate surface area is 172 Å². The van der Waals surface area contributed by atoms with Crippen LogP contribution < -0.4 is 5.32 Å². The molecule has 0 aromatic carbocycles. The Morgan fingerprint density at radius 2 is 1.97 bits per heavy atom. The van der Waals surface area contributed by atoms with Crippen molar-refractivity contribution in [3.8, 4) is 0 Å². The summed E-state index contributed by atoms with van der Waals surface area (Å²) in [7, 11) is 1.65. The van der Waals surface area contributed by atoms with E-state index in [0.29, 0.717) is 25.6 Å². The molecule has 0 aromatic heterocycles. The van der Waals surface area contributed by atoms with Gasteiger partial charge in [-0.15, -0.1) is 0 Å². The number of ether oxygens (including phenoxy) is 3. The predicted molar refractivity (Wildman–Crippen MR) is 111 cm³/mol. The Balaban J connectivity index is 1.41. The molecule has 0 bridgehead atoms. The fraction of sp³-hybridized carbons (Fsp3) is 0.619. The first-order valence-corrected chi connectivity index (χ1v) is 10.3. The molecule has 1 aliphatic carbocycles. The normalized spacial score (nSPS) is 20.0. The summed E-state index contributed by atoms with van der Waals surface area (Å²) in [6.07, 6.45) is 11.2. The molecule has 8 heteroatoms. The van der Waals surface area contributed by atoms with Crippen molar-refractivity contribution in [1.29, 1.82) is 0 Å². The minimum absolute atomic E-state index is 0.00208. The third kappa shape index (κ3) is 6.99. The largest absolute Gasteiger partial charge is 0.466 e. The van der Waals surface area contributed by atoms with Gasteiger partial charge in [-0.2, -0.15) is 0 Å². The van der Waals surface area contributed by atoms with Crippen LogP contribution in [0.4, 0.5) is 0 Å². The summed E-state index contributed by atoms with van der Waals surface area (Å²) in [5.74, 6) is 1.56. The van der Waals surface area contributed by atoms with Gasteiger partial charge in [0.05, 0.1) is 25.5 Å². The minimum atomic E-state index is -0.00208. The van der Waals surface area contributed by atoms with E-state index in [1.54, 1.807) is 7.11 Å². The molecule has 0 atom stereocenters. The molecule has 2 aliphatic heterocycles. The van der Waals surface area contributed by atoms with E-state index in [2.05, 4.69) is 32.3 Å². The molecule has 1 N–H and O–H groups in total. The topological polar surface area (TPSA) is 75.6 Å². The number of amides is 1. The maximum atomic E-state index is 12.3. The van der Waals surface area contributed by atoms with E-state index in [0.717, 1.165) is 63.4 Å². The van der Waals surface area contributed by atoms with Crippen LogP contribution in [0.2, 0.25) is 0 Å². The number of carbonyl (C=O) groups is 1. The van der Waals surface area contributed by atoms with Crippen LogP contribution in [0.25, 0.3) is 0 Å². The zero-order chi connectivity index (χ0) is 20.3. The summed E-state index contributed by atoms with van der Waals surface area (Å²) in [4.78, 5) is 21.1. The van der Waals surface area contributed by atoms with Gasteiger partial charge >= 0.3 is 0 Å². The van der Waals surface area contributed by atoms with Crippen molar-refractivity contribution in [2.24, 2.45) is 4.99 Å². The Hall–Kier alpha value is -2.16. The van der Waals surface area contributed by atoms with Crippen LogP contribution in [-0.2, 0) is 19.0 Å². The van der Waals surface area contributed by atoms with Crippen molar-refractivity contribution in [3.63, 3.8) is 0 Å². The summed E-state index contributed by atoms with van der Waals surface area (Å²) in [6.45, 7) is 5.86. The van der Waals surface area contributed by atoms with Crippen molar-refractivity contribution in [3.05, 3.63) is 35.8 Å². The van der Waals surface area contributed by atoms with Crippen LogP contribution in [-0.4, -0.2) is 87.9 Å². The molecular weight excluding hydrogens is 372 g/mol. The van der Waals surface area contributed by atoms with Gasteiger partial charge in [-0.1, -0.05) is 12.2 Å². The molecule has 0 saturated carbocycles. The smallest absolute Gasteiger partial charge is 0.239 e. The van der Waals surface area contributed by atoms with Crippen molar-refractivity contribution < 1.29 is 19.0 Å². The number of hydrogen-bond donors (Lipinski definition) is 1. The fourth-order valence-electron chi connectivity index (χ4n) is 3.48. The maximum absolute atomic E-state index is 12.3. The number of aliphatic imine (C=N–C) groups is 1. The van der Waals surface area contributed by atoms with Gasteiger partial charge in [-0.05, 0) is 31.4 Å². The van der Waals surface area contributed by atoms with Gasteiger partial charge in [0, 0.05) is 39.8 Å². The second kappa shape index (κ2) is 11.7. The van der Waals surface area contributed by atoms with E-state index in [1.165, 1.54) is 0 Å². The highest BCUT2D eigenvalue weighted by atomic mass is 16.7. The van der Waals surface area contributed by atoms with Crippen molar-refractivity contribution in [2.75, 3.05) is 66.4 Å². The molecule has 0 radical (unpaired) electrons. The van der Waals surface area contributed by atoms with Gasteiger partial charge in [-0.25, -0.2) is 0 Å². The number of methoxy groups -OCH3 is 1. The van der Waals surface area contributed by atoms with Crippen LogP contribution in [0.3, 0.4) is 0 Å². The van der Waals surface area contributed by atoms with Crippen LogP contribution in [0.15, 0.2) is 40.8 Å². The number of allylic oxidation sites excluding steroid dienone is 2. The maximum Gasteiger partial charge on any atom is 0.239 e. The Morgan fingerprint density at radius 3 is 2.72 bits per heavy atom. The second-order valence-electron chi connectivity index (χ2n) is 7.17. The molecule has 0 spiro atoms. The number of dihydropyridines is 1. The minimum Gasteiger partial charge on any atom is -0.466 e. The first-order valence-electron chi connectivity index (χ1n) is 10.3. The highest BCUT2D eigenvalue weighted by molar-refractivity contribution is 6.05. The third-order valence-electron chi connectivity index (χ3n) is 5.02. The lowest BCUT2D eigenvalue weighted by Crippen LogP contribution is -2.49. The molecule has 29 heavy (non-hydrogen) atoms. The van der Waals surface area contributed by atoms with Crippen LogP contribution >= 0.6 is 0 Å². The molecule has 3 aliphatic rings. The molecule has 8 nitrogen and oxygen atoms in total.